The molecular formula is C24H36N2O3. The van der Waals surface area contributed by atoms with Gasteiger partial charge in [0.25, 0.3) is 0 Å². The van der Waals surface area contributed by atoms with E-state index in [1.807, 2.05) is 64.1 Å². The van der Waals surface area contributed by atoms with Crippen LogP contribution in [-0.4, -0.2) is 55.0 Å². The van der Waals surface area contributed by atoms with Crippen LogP contribution in [0.25, 0.3) is 0 Å². The van der Waals surface area contributed by atoms with E-state index in [-0.39, 0.29) is 6.10 Å². The number of likely N-dealkylation sites (tertiary alicyclic amines) is 1. The molecule has 0 bridgehead atoms. The Labute approximate surface area is 175 Å². The van der Waals surface area contributed by atoms with E-state index >= 15 is 0 Å². The highest BCUT2D eigenvalue weighted by Crippen LogP contribution is 2.28. The molecule has 5 heteroatoms. The van der Waals surface area contributed by atoms with Crippen LogP contribution in [-0.2, 0) is 6.42 Å². The van der Waals surface area contributed by atoms with Gasteiger partial charge < -0.3 is 19.9 Å². The highest BCUT2D eigenvalue weighted by atomic mass is 16.5. The van der Waals surface area contributed by atoms with Crippen LogP contribution in [0.1, 0.15) is 33.3 Å². The van der Waals surface area contributed by atoms with Gasteiger partial charge in [0.05, 0.1) is 0 Å². The fourth-order valence-electron chi connectivity index (χ4n) is 3.35. The van der Waals surface area contributed by atoms with Crippen LogP contribution in [0.4, 0.5) is 5.69 Å². The molecule has 160 valence electrons. The minimum absolute atomic E-state index is 0.203. The predicted octanol–water partition coefficient (Wildman–Crippen LogP) is 4.21. The summed E-state index contributed by atoms with van der Waals surface area (Å²) in [5.74, 6) is 1.73. The van der Waals surface area contributed by atoms with Gasteiger partial charge in [0, 0.05) is 31.9 Å². The van der Waals surface area contributed by atoms with Crippen LogP contribution in [0.3, 0.4) is 0 Å². The van der Waals surface area contributed by atoms with Gasteiger partial charge in [0.15, 0.2) is 0 Å². The molecular weight excluding hydrogens is 364 g/mol. The van der Waals surface area contributed by atoms with Gasteiger partial charge >= 0.3 is 0 Å². The fraction of sp³-hybridized carbons (Fsp3) is 0.500. The number of aliphatic hydroxyl groups is 1. The van der Waals surface area contributed by atoms with Crippen molar-refractivity contribution in [1.82, 2.24) is 4.90 Å². The minimum Gasteiger partial charge on any atom is -0.491 e. The molecule has 2 aromatic rings. The lowest BCUT2D eigenvalue weighted by Crippen LogP contribution is -2.56. The molecule has 0 amide bonds. The van der Waals surface area contributed by atoms with Crippen LogP contribution in [0, 0.1) is 0 Å². The van der Waals surface area contributed by atoms with Crippen LogP contribution in [0.15, 0.2) is 48.5 Å². The summed E-state index contributed by atoms with van der Waals surface area (Å²) in [4.78, 5) is 2.19. The quantitative estimate of drug-likeness (QED) is 0.729. The Morgan fingerprint density at radius 2 is 1.76 bits per heavy atom. The molecule has 2 aliphatic rings. The van der Waals surface area contributed by atoms with E-state index in [0.29, 0.717) is 13.2 Å². The fourth-order valence-corrected chi connectivity index (χ4v) is 3.35. The van der Waals surface area contributed by atoms with Crippen molar-refractivity contribution >= 4 is 5.69 Å². The number of anilines is 1. The van der Waals surface area contributed by atoms with Crippen molar-refractivity contribution in [2.24, 2.45) is 0 Å². The van der Waals surface area contributed by atoms with Gasteiger partial charge in [-0.25, -0.2) is 0 Å². The molecule has 1 fully saturated rings. The molecule has 1 saturated heterocycles. The van der Waals surface area contributed by atoms with Gasteiger partial charge in [-0.15, -0.1) is 0 Å². The Hall–Kier alpha value is -2.24. The van der Waals surface area contributed by atoms with Crippen molar-refractivity contribution in [3.63, 3.8) is 0 Å². The summed E-state index contributed by atoms with van der Waals surface area (Å²) >= 11 is 0. The zero-order chi connectivity index (χ0) is 21.1. The Morgan fingerprint density at radius 3 is 2.48 bits per heavy atom. The summed E-state index contributed by atoms with van der Waals surface area (Å²) in [7, 11) is 0. The van der Waals surface area contributed by atoms with E-state index < -0.39 is 6.10 Å². The van der Waals surface area contributed by atoms with Gasteiger partial charge in [0.2, 0.25) is 0 Å². The third kappa shape index (κ3) is 6.94. The van der Waals surface area contributed by atoms with E-state index in [4.69, 9.17) is 9.47 Å². The summed E-state index contributed by atoms with van der Waals surface area (Å²) in [6, 6.07) is 15.9. The summed E-state index contributed by atoms with van der Waals surface area (Å²) in [5.41, 5.74) is 2.56. The van der Waals surface area contributed by atoms with Crippen molar-refractivity contribution in [3.05, 3.63) is 54.1 Å². The number of β-amino-alcohol motifs (C(OH)–C–C–N with tert-alkyl or cyclic N) is 1. The Balaban J connectivity index is 0.000000707. The van der Waals surface area contributed by atoms with E-state index in [0.717, 1.165) is 37.6 Å². The van der Waals surface area contributed by atoms with Crippen LogP contribution in [0.2, 0.25) is 0 Å². The van der Waals surface area contributed by atoms with Crippen LogP contribution >= 0.6 is 0 Å². The summed E-state index contributed by atoms with van der Waals surface area (Å²) in [5, 5.41) is 13.5. The molecule has 0 spiro atoms. The van der Waals surface area contributed by atoms with Gasteiger partial charge in [-0.3, -0.25) is 4.90 Å². The number of hydrogen-bond donors (Lipinski definition) is 2. The number of hydrogen-bond acceptors (Lipinski definition) is 5. The van der Waals surface area contributed by atoms with E-state index in [1.54, 1.807) is 0 Å². The highest BCUT2D eigenvalue weighted by molar-refractivity contribution is 5.57. The zero-order valence-corrected chi connectivity index (χ0v) is 18.2. The lowest BCUT2D eigenvalue weighted by molar-refractivity contribution is -0.0174. The molecule has 0 aliphatic carbocycles. The van der Waals surface area contributed by atoms with E-state index in [2.05, 4.69) is 22.3 Å². The lowest BCUT2D eigenvalue weighted by atomic mass is 10.1. The molecule has 2 heterocycles. The molecule has 0 radical (unpaired) electrons. The number of fused-ring (bicyclic) bond motifs is 1. The highest BCUT2D eigenvalue weighted by Gasteiger charge is 2.30. The number of para-hydroxylation sites is 1. The van der Waals surface area contributed by atoms with Gasteiger partial charge in [-0.2, -0.15) is 0 Å². The monoisotopic (exact) mass is 400 g/mol. The predicted molar refractivity (Wildman–Crippen MR) is 120 cm³/mol. The van der Waals surface area contributed by atoms with Crippen molar-refractivity contribution in [1.29, 1.82) is 0 Å². The third-order valence-corrected chi connectivity index (χ3v) is 4.67. The Morgan fingerprint density at radius 1 is 1.03 bits per heavy atom. The van der Waals surface area contributed by atoms with Crippen LogP contribution in [0.5, 0.6) is 11.5 Å². The Kier molecular flexibility index (Phi) is 9.81. The first-order valence-electron chi connectivity index (χ1n) is 10.9. The largest absolute Gasteiger partial charge is 0.491 e. The molecule has 2 aliphatic heterocycles. The topological polar surface area (TPSA) is 54.0 Å². The maximum absolute atomic E-state index is 10.1. The molecule has 2 aromatic carbocycles. The van der Waals surface area contributed by atoms with Gasteiger partial charge in [-0.1, -0.05) is 45.9 Å². The summed E-state index contributed by atoms with van der Waals surface area (Å²) < 4.78 is 11.6. The summed E-state index contributed by atoms with van der Waals surface area (Å²) in [6.07, 6.45) is 0.776. The second-order valence-electron chi connectivity index (χ2n) is 6.73. The van der Waals surface area contributed by atoms with E-state index in [1.165, 1.54) is 11.3 Å². The number of rotatable bonds is 7. The maximum Gasteiger partial charge on any atom is 0.124 e. The first kappa shape index (κ1) is 23.0. The molecule has 29 heavy (non-hydrogen) atoms. The SMILES string of the molecule is CC.CC.OC(COc1ccccc1)CN1CC(Oc2ccc3c(c2)CCN3)C1. The standard InChI is InChI=1S/C20H24N2O3.2C2H6/c23-16(14-24-17-4-2-1-3-5-17)11-22-12-19(13-22)25-18-6-7-20-15(10-18)8-9-21-20;2*1-2/h1-7,10,16,19,21,23H,8-9,11-14H2;2*1-2H3. The molecule has 0 saturated carbocycles. The average Bonchev–Trinajstić information content (AvgIpc) is 3.22. The number of nitrogens with one attached hydrogen (secondary N) is 1. The number of ether oxygens (including phenoxy) is 2. The molecule has 5 nitrogen and oxygen atoms in total. The second kappa shape index (κ2) is 12.3. The van der Waals surface area contributed by atoms with E-state index in [9.17, 15) is 5.11 Å². The molecule has 4 rings (SSSR count). The minimum atomic E-state index is -0.493. The third-order valence-electron chi connectivity index (χ3n) is 4.67. The van der Waals surface area contributed by atoms with Gasteiger partial charge in [-0.05, 0) is 42.3 Å². The lowest BCUT2D eigenvalue weighted by Gasteiger charge is -2.39. The maximum atomic E-state index is 10.1. The number of aliphatic hydroxyl groups excluding tert-OH is 1. The normalized spacial score (nSPS) is 16.0. The van der Waals surface area contributed by atoms with Gasteiger partial charge in [0.1, 0.15) is 30.3 Å². The average molecular weight is 401 g/mol. The first-order chi connectivity index (χ1) is 14.3. The van der Waals surface area contributed by atoms with Crippen molar-refractivity contribution in [2.45, 2.75) is 46.3 Å². The van der Waals surface area contributed by atoms with Crippen molar-refractivity contribution < 1.29 is 14.6 Å². The molecule has 0 aromatic heterocycles. The van der Waals surface area contributed by atoms with Crippen LogP contribution < -0.4 is 14.8 Å². The summed E-state index contributed by atoms with van der Waals surface area (Å²) in [6.45, 7) is 11.6. The second-order valence-corrected chi connectivity index (χ2v) is 6.73. The Bertz CT molecular complexity index is 703. The number of benzene rings is 2. The molecule has 2 N–H and O–H groups in total. The number of nitrogens with zero attached hydrogens (tertiary/aromatic N) is 1. The smallest absolute Gasteiger partial charge is 0.124 e. The zero-order valence-electron chi connectivity index (χ0n) is 18.2. The first-order valence-corrected chi connectivity index (χ1v) is 10.9. The van der Waals surface area contributed by atoms with Crippen molar-refractivity contribution in [3.8, 4) is 11.5 Å². The molecule has 1 atom stereocenters. The molecule has 1 unspecified atom stereocenters. The van der Waals surface area contributed by atoms with Crippen molar-refractivity contribution in [2.75, 3.05) is 38.1 Å².